The molecule has 0 aromatic heterocycles. The normalized spacial score (nSPS) is 15.5. The Bertz CT molecular complexity index is 1350. The molecular formula is C39H51FN2. The predicted octanol–water partition coefficient (Wildman–Crippen LogP) is 10.8. The summed E-state index contributed by atoms with van der Waals surface area (Å²) >= 11 is 0. The van der Waals surface area contributed by atoms with E-state index in [1.807, 2.05) is 89.3 Å². The smallest absolute Gasteiger partial charge is 0.0769 e. The van der Waals surface area contributed by atoms with Gasteiger partial charge in [-0.1, -0.05) is 139 Å². The number of nitrogens with one attached hydrogen (secondary N) is 1. The molecule has 0 bridgehead atoms. The van der Waals surface area contributed by atoms with Gasteiger partial charge in [0.2, 0.25) is 0 Å². The SMILES string of the molecule is C1=C=C(C2=CC=CCN2)C=CC=1.C=C/C=C\C(=C/C)c1ccc(CC)c(C2=CC(C(C)(C)C)=CCN2F)c1.CC.CC. The number of aryl methyl sites for hydroxylation is 1. The zero-order valence-corrected chi connectivity index (χ0v) is 27.3. The van der Waals surface area contributed by atoms with Crippen molar-refractivity contribution in [3.63, 3.8) is 0 Å². The average Bonchev–Trinajstić information content (AvgIpc) is 3.04. The molecule has 0 saturated heterocycles. The first-order chi connectivity index (χ1) is 20.3. The fourth-order valence-corrected chi connectivity index (χ4v) is 4.27. The lowest BCUT2D eigenvalue weighted by atomic mass is 9.83. The summed E-state index contributed by atoms with van der Waals surface area (Å²) in [5.74, 6) is 0. The van der Waals surface area contributed by atoms with Gasteiger partial charge in [0.1, 0.15) is 0 Å². The third-order valence-electron chi connectivity index (χ3n) is 6.46. The fourth-order valence-electron chi connectivity index (χ4n) is 4.27. The Morgan fingerprint density at radius 2 is 1.88 bits per heavy atom. The van der Waals surface area contributed by atoms with Crippen molar-refractivity contribution in [2.24, 2.45) is 5.41 Å². The van der Waals surface area contributed by atoms with Gasteiger partial charge in [-0.3, -0.25) is 0 Å². The molecule has 4 rings (SSSR count). The highest BCUT2D eigenvalue weighted by molar-refractivity contribution is 5.79. The van der Waals surface area contributed by atoms with Gasteiger partial charge in [0.15, 0.2) is 0 Å². The summed E-state index contributed by atoms with van der Waals surface area (Å²) in [6.45, 7) is 23.5. The molecule has 2 nitrogen and oxygen atoms in total. The number of allylic oxidation sites excluding steroid dienone is 12. The zero-order chi connectivity index (χ0) is 31.5. The van der Waals surface area contributed by atoms with E-state index in [-0.39, 0.29) is 5.41 Å². The lowest BCUT2D eigenvalue weighted by Crippen LogP contribution is -2.21. The van der Waals surface area contributed by atoms with E-state index in [2.05, 4.69) is 81.4 Å². The number of hydrogen-bond acceptors (Lipinski definition) is 2. The standard InChI is InChI=1S/C24H30FN.C11H9N.2C2H6/c1-7-10-11-18(8-2)20-13-12-19(9-3)22(16-20)23-17-21(24(4,5)6)14-15-26(23)25;1-2-6-10(7-3-1)11-8-4-5-9-12-11;2*1-2/h7-8,10-14,16-17H,1,9,15H2,2-6H3;1-2,4-6,8,12H,9H2;2*1-2H3/b11-10-,18-8+;;;. The largest absolute Gasteiger partial charge is 0.381 e. The van der Waals surface area contributed by atoms with Gasteiger partial charge in [-0.2, -0.15) is 0 Å². The molecule has 1 aromatic rings. The molecule has 0 atom stereocenters. The molecule has 2 aliphatic heterocycles. The average molecular weight is 567 g/mol. The van der Waals surface area contributed by atoms with Crippen LogP contribution in [0.5, 0.6) is 0 Å². The highest BCUT2D eigenvalue weighted by Crippen LogP contribution is 2.36. The summed E-state index contributed by atoms with van der Waals surface area (Å²) in [4.78, 5) is 0. The van der Waals surface area contributed by atoms with Crippen LogP contribution in [-0.2, 0) is 6.42 Å². The van der Waals surface area contributed by atoms with Crippen LogP contribution in [0.3, 0.4) is 0 Å². The maximum absolute atomic E-state index is 14.7. The quantitative estimate of drug-likeness (QED) is 0.209. The third-order valence-corrected chi connectivity index (χ3v) is 6.46. The highest BCUT2D eigenvalue weighted by atomic mass is 19.2. The first kappa shape index (κ1) is 36.0. The van der Waals surface area contributed by atoms with Gasteiger partial charge in [0.25, 0.3) is 0 Å². The van der Waals surface area contributed by atoms with Crippen LogP contribution < -0.4 is 5.32 Å². The van der Waals surface area contributed by atoms with E-state index in [1.54, 1.807) is 6.08 Å². The van der Waals surface area contributed by atoms with Crippen molar-refractivity contribution < 1.29 is 4.48 Å². The first-order valence-corrected chi connectivity index (χ1v) is 15.2. The Hall–Kier alpha value is -4.03. The monoisotopic (exact) mass is 566 g/mol. The molecule has 2 heterocycles. The second kappa shape index (κ2) is 19.2. The fraction of sp³-hybridized carbons (Fsp3) is 0.333. The molecule has 0 saturated carbocycles. The summed E-state index contributed by atoms with van der Waals surface area (Å²) in [6.07, 6.45) is 24.6. The van der Waals surface area contributed by atoms with Gasteiger partial charge >= 0.3 is 0 Å². The van der Waals surface area contributed by atoms with Crippen molar-refractivity contribution in [3.8, 4) is 0 Å². The van der Waals surface area contributed by atoms with Crippen LogP contribution >= 0.6 is 0 Å². The number of halogens is 1. The van der Waals surface area contributed by atoms with Crippen LogP contribution in [0.25, 0.3) is 11.3 Å². The van der Waals surface area contributed by atoms with Crippen LogP contribution in [-0.4, -0.2) is 18.2 Å². The van der Waals surface area contributed by atoms with Gasteiger partial charge in [-0.15, -0.1) is 0 Å². The van der Waals surface area contributed by atoms with Crippen LogP contribution in [0.4, 0.5) is 4.48 Å². The predicted molar refractivity (Wildman–Crippen MR) is 184 cm³/mol. The van der Waals surface area contributed by atoms with Gasteiger partial charge in [-0.05, 0) is 71.4 Å². The van der Waals surface area contributed by atoms with Crippen molar-refractivity contribution in [3.05, 3.63) is 143 Å². The van der Waals surface area contributed by atoms with Crippen molar-refractivity contribution in [2.45, 2.75) is 68.7 Å². The molecule has 224 valence electrons. The van der Waals surface area contributed by atoms with E-state index >= 15 is 0 Å². The summed E-state index contributed by atoms with van der Waals surface area (Å²) in [6, 6.07) is 6.32. The van der Waals surface area contributed by atoms with Crippen LogP contribution in [0, 0.1) is 5.41 Å². The number of rotatable bonds is 6. The molecule has 1 aromatic carbocycles. The maximum atomic E-state index is 14.7. The van der Waals surface area contributed by atoms with Gasteiger partial charge in [0.05, 0.1) is 17.9 Å². The Labute approximate surface area is 255 Å². The maximum Gasteiger partial charge on any atom is 0.0769 e. The van der Waals surface area contributed by atoms with E-state index in [4.69, 9.17) is 0 Å². The van der Waals surface area contributed by atoms with E-state index in [9.17, 15) is 4.48 Å². The number of nitrogens with zero attached hydrogens (tertiary/aromatic N) is 1. The minimum absolute atomic E-state index is 0.00230. The number of hydrogen-bond donors (Lipinski definition) is 1. The van der Waals surface area contributed by atoms with Crippen LogP contribution in [0.15, 0.2) is 126 Å². The Morgan fingerprint density at radius 1 is 1.14 bits per heavy atom. The molecule has 0 unspecified atom stereocenters. The Morgan fingerprint density at radius 3 is 2.43 bits per heavy atom. The second-order valence-electron chi connectivity index (χ2n) is 10.1. The molecular weight excluding hydrogens is 515 g/mol. The van der Waals surface area contributed by atoms with E-state index in [1.165, 1.54) is 5.57 Å². The first-order valence-electron chi connectivity index (χ1n) is 15.2. The number of benzene rings is 1. The number of dihydropyridines is 1. The third kappa shape index (κ3) is 10.7. The Balaban J connectivity index is 0.000000456. The topological polar surface area (TPSA) is 15.3 Å². The molecule has 0 fully saturated rings. The molecule has 3 heteroatoms. The van der Waals surface area contributed by atoms with Crippen molar-refractivity contribution in [1.82, 2.24) is 10.4 Å². The molecule has 0 amide bonds. The van der Waals surface area contributed by atoms with Crippen LogP contribution in [0.2, 0.25) is 0 Å². The molecule has 42 heavy (non-hydrogen) atoms. The van der Waals surface area contributed by atoms with Crippen molar-refractivity contribution in [1.29, 1.82) is 0 Å². The molecule has 3 aliphatic rings. The van der Waals surface area contributed by atoms with E-state index < -0.39 is 0 Å². The lowest BCUT2D eigenvalue weighted by molar-refractivity contribution is 0.120. The summed E-state index contributed by atoms with van der Waals surface area (Å²) in [7, 11) is 0. The van der Waals surface area contributed by atoms with E-state index in [0.717, 1.165) is 51.6 Å². The summed E-state index contributed by atoms with van der Waals surface area (Å²) in [5.41, 5.74) is 14.3. The van der Waals surface area contributed by atoms with Gasteiger partial charge in [0, 0.05) is 17.7 Å². The minimum Gasteiger partial charge on any atom is -0.381 e. The molecule has 1 N–H and O–H groups in total. The second-order valence-corrected chi connectivity index (χ2v) is 10.1. The van der Waals surface area contributed by atoms with Gasteiger partial charge in [-0.25, -0.2) is 5.12 Å². The summed E-state index contributed by atoms with van der Waals surface area (Å²) in [5, 5.41) is 4.11. The molecule has 0 radical (unpaired) electrons. The summed E-state index contributed by atoms with van der Waals surface area (Å²) < 4.78 is 14.7. The molecule has 0 spiro atoms. The van der Waals surface area contributed by atoms with Gasteiger partial charge < -0.3 is 5.32 Å². The van der Waals surface area contributed by atoms with Crippen molar-refractivity contribution >= 4 is 11.3 Å². The minimum atomic E-state index is -0.00230. The van der Waals surface area contributed by atoms with Crippen LogP contribution in [0.1, 0.15) is 79.0 Å². The lowest BCUT2D eigenvalue weighted by Gasteiger charge is -2.29. The Kier molecular flexibility index (Phi) is 16.4. The highest BCUT2D eigenvalue weighted by Gasteiger charge is 2.24. The van der Waals surface area contributed by atoms with E-state index in [0.29, 0.717) is 12.2 Å². The zero-order valence-electron chi connectivity index (χ0n) is 27.3. The van der Waals surface area contributed by atoms with Crippen molar-refractivity contribution in [2.75, 3.05) is 13.1 Å². The molecule has 1 aliphatic carbocycles.